The predicted octanol–water partition coefficient (Wildman–Crippen LogP) is 6.31. The summed E-state index contributed by atoms with van der Waals surface area (Å²) in [7, 11) is 0. The molecule has 1 N–H and O–H groups in total. The van der Waals surface area contributed by atoms with Gasteiger partial charge in [0.25, 0.3) is 5.56 Å². The average Bonchev–Trinajstić information content (AvgIpc) is 3.70. The summed E-state index contributed by atoms with van der Waals surface area (Å²) in [6, 6.07) is 19.6. The van der Waals surface area contributed by atoms with E-state index in [1.165, 1.54) is 12.1 Å². The molecule has 10 nitrogen and oxygen atoms in total. The molecule has 3 aromatic carbocycles. The Hall–Kier alpha value is -5.16. The Morgan fingerprint density at radius 1 is 0.935 bits per heavy atom. The SMILES string of the molecule is CCCCc1nc(C)c(Cc2nc(Cc3ccc(F)cc3Cl)no2)c(=O)n1Cc1ccc(-c2ccccc2-c2noc(=O)[nH]2)cc1. The fourth-order valence-electron chi connectivity index (χ4n) is 5.33. The summed E-state index contributed by atoms with van der Waals surface area (Å²) in [5.41, 5.74) is 5.04. The maximum atomic E-state index is 14.0. The molecular formula is C34H30ClFN6O4. The maximum Gasteiger partial charge on any atom is 0.439 e. The minimum Gasteiger partial charge on any atom is -0.339 e. The Bertz CT molecular complexity index is 2120. The van der Waals surface area contributed by atoms with Crippen LogP contribution in [0.3, 0.4) is 0 Å². The summed E-state index contributed by atoms with van der Waals surface area (Å²) >= 11 is 6.17. The highest BCUT2D eigenvalue weighted by Gasteiger charge is 2.19. The molecule has 0 aliphatic heterocycles. The van der Waals surface area contributed by atoms with Crippen molar-refractivity contribution in [3.63, 3.8) is 0 Å². The van der Waals surface area contributed by atoms with Gasteiger partial charge in [-0.1, -0.05) is 89.9 Å². The van der Waals surface area contributed by atoms with Crippen LogP contribution in [-0.4, -0.2) is 29.8 Å². The number of rotatable bonds is 11. The van der Waals surface area contributed by atoms with Crippen LogP contribution < -0.4 is 11.3 Å². The highest BCUT2D eigenvalue weighted by Crippen LogP contribution is 2.30. The number of aromatic nitrogens is 6. The van der Waals surface area contributed by atoms with Gasteiger partial charge in [-0.15, -0.1) is 0 Å². The second-order valence-corrected chi connectivity index (χ2v) is 11.4. The molecule has 0 bridgehead atoms. The van der Waals surface area contributed by atoms with Gasteiger partial charge >= 0.3 is 5.76 Å². The Morgan fingerprint density at radius 3 is 2.43 bits per heavy atom. The Morgan fingerprint density at radius 2 is 1.72 bits per heavy atom. The zero-order chi connectivity index (χ0) is 32.2. The van der Waals surface area contributed by atoms with Crippen LogP contribution in [-0.2, 0) is 25.8 Å². The minimum atomic E-state index is -0.620. The van der Waals surface area contributed by atoms with Gasteiger partial charge in [0.15, 0.2) is 11.6 Å². The van der Waals surface area contributed by atoms with Crippen LogP contribution in [0.5, 0.6) is 0 Å². The van der Waals surface area contributed by atoms with Crippen molar-refractivity contribution in [1.29, 1.82) is 0 Å². The topological polar surface area (TPSA) is 133 Å². The first-order chi connectivity index (χ1) is 22.3. The molecule has 3 heterocycles. The molecule has 0 fully saturated rings. The van der Waals surface area contributed by atoms with Crippen molar-refractivity contribution in [3.05, 3.63) is 138 Å². The second kappa shape index (κ2) is 13.5. The fraction of sp³-hybridized carbons (Fsp3) is 0.235. The minimum absolute atomic E-state index is 0.121. The van der Waals surface area contributed by atoms with E-state index in [4.69, 9.17) is 25.6 Å². The first-order valence-electron chi connectivity index (χ1n) is 14.9. The summed E-state index contributed by atoms with van der Waals surface area (Å²) < 4.78 is 25.4. The van der Waals surface area contributed by atoms with Crippen molar-refractivity contribution < 1.29 is 13.4 Å². The molecule has 46 heavy (non-hydrogen) atoms. The number of hydrogen-bond donors (Lipinski definition) is 1. The van der Waals surface area contributed by atoms with Crippen molar-refractivity contribution in [2.24, 2.45) is 0 Å². The van der Waals surface area contributed by atoms with Crippen LogP contribution in [0.2, 0.25) is 5.02 Å². The first-order valence-corrected chi connectivity index (χ1v) is 15.3. The first kappa shape index (κ1) is 30.8. The summed E-state index contributed by atoms with van der Waals surface area (Å²) in [6.07, 6.45) is 2.90. The number of benzene rings is 3. The lowest BCUT2D eigenvalue weighted by molar-refractivity contribution is 0.379. The van der Waals surface area contributed by atoms with Crippen molar-refractivity contribution in [2.45, 2.75) is 52.5 Å². The number of unbranched alkanes of at least 4 members (excludes halogenated alkanes) is 1. The molecule has 234 valence electrons. The quantitative estimate of drug-likeness (QED) is 0.174. The average molecular weight is 641 g/mol. The Balaban J connectivity index is 1.27. The molecule has 3 aromatic heterocycles. The van der Waals surface area contributed by atoms with Crippen LogP contribution in [0.1, 0.15) is 59.7 Å². The number of halogens is 2. The van der Waals surface area contributed by atoms with Gasteiger partial charge in [-0.25, -0.2) is 14.2 Å². The van der Waals surface area contributed by atoms with Crippen molar-refractivity contribution in [2.75, 3.05) is 0 Å². The van der Waals surface area contributed by atoms with Gasteiger partial charge in [0.05, 0.1) is 13.0 Å². The van der Waals surface area contributed by atoms with E-state index in [0.717, 1.165) is 40.9 Å². The zero-order valence-electron chi connectivity index (χ0n) is 25.2. The molecule has 0 radical (unpaired) electrons. The second-order valence-electron chi connectivity index (χ2n) is 11.0. The van der Waals surface area contributed by atoms with Crippen molar-refractivity contribution in [3.8, 4) is 22.5 Å². The number of nitrogens with one attached hydrogen (secondary N) is 1. The van der Waals surface area contributed by atoms with Gasteiger partial charge in [-0.2, -0.15) is 4.98 Å². The van der Waals surface area contributed by atoms with E-state index in [9.17, 15) is 14.0 Å². The summed E-state index contributed by atoms with van der Waals surface area (Å²) in [4.78, 5) is 37.4. The summed E-state index contributed by atoms with van der Waals surface area (Å²) in [6.45, 7) is 4.25. The van der Waals surface area contributed by atoms with Gasteiger partial charge in [0.1, 0.15) is 11.6 Å². The monoisotopic (exact) mass is 640 g/mol. The van der Waals surface area contributed by atoms with Gasteiger partial charge in [-0.05, 0) is 47.7 Å². The van der Waals surface area contributed by atoms with Gasteiger partial charge in [-0.3, -0.25) is 18.9 Å². The van der Waals surface area contributed by atoms with E-state index in [-0.39, 0.29) is 29.3 Å². The lowest BCUT2D eigenvalue weighted by Crippen LogP contribution is -2.30. The van der Waals surface area contributed by atoms with Gasteiger partial charge in [0.2, 0.25) is 5.89 Å². The van der Waals surface area contributed by atoms with Crippen molar-refractivity contribution in [1.82, 2.24) is 29.8 Å². The predicted molar refractivity (Wildman–Crippen MR) is 170 cm³/mol. The van der Waals surface area contributed by atoms with Crippen molar-refractivity contribution >= 4 is 11.6 Å². The largest absolute Gasteiger partial charge is 0.439 e. The molecule has 0 aliphatic rings. The molecule has 0 spiro atoms. The number of H-pyrrole nitrogens is 1. The van der Waals surface area contributed by atoms with Crippen LogP contribution in [0, 0.1) is 12.7 Å². The molecule has 0 aliphatic carbocycles. The smallest absolute Gasteiger partial charge is 0.339 e. The third kappa shape index (κ3) is 6.74. The number of aromatic amines is 1. The van der Waals surface area contributed by atoms with E-state index in [2.05, 4.69) is 27.2 Å². The number of hydrogen-bond acceptors (Lipinski definition) is 8. The Kier molecular flexibility index (Phi) is 9.02. The van der Waals surface area contributed by atoms with Gasteiger partial charge < -0.3 is 4.52 Å². The standard InChI is InChI=1S/C34H30ClFN6O4/c1-3-4-9-30-37-20(2)27(18-31-38-29(40-45-31)16-23-14-15-24(36)17-28(23)35)33(43)42(30)19-21-10-12-22(13-11-21)25-7-5-6-8-26(25)32-39-34(44)46-41-32/h5-8,10-15,17H,3-4,9,16,18-19H2,1-2H3,(H,39,41,44). The summed E-state index contributed by atoms with van der Waals surface area (Å²) in [5, 5.41) is 8.16. The number of nitrogens with zero attached hydrogens (tertiary/aromatic N) is 5. The maximum absolute atomic E-state index is 14.0. The number of aryl methyl sites for hydroxylation is 2. The van der Waals surface area contributed by atoms with E-state index in [1.807, 2.05) is 55.5 Å². The molecule has 6 aromatic rings. The van der Waals surface area contributed by atoms with E-state index in [1.54, 1.807) is 10.6 Å². The Labute approximate surface area is 267 Å². The van der Waals surface area contributed by atoms with Gasteiger partial charge in [0, 0.05) is 34.7 Å². The normalized spacial score (nSPS) is 11.3. The molecule has 0 unspecified atom stereocenters. The third-order valence-corrected chi connectivity index (χ3v) is 8.08. The van der Waals surface area contributed by atoms with E-state index in [0.29, 0.717) is 41.4 Å². The highest BCUT2D eigenvalue weighted by molar-refractivity contribution is 6.31. The fourth-order valence-corrected chi connectivity index (χ4v) is 5.56. The zero-order valence-corrected chi connectivity index (χ0v) is 26.0. The molecule has 6 rings (SSSR count). The van der Waals surface area contributed by atoms with Crippen LogP contribution in [0.15, 0.2) is 85.4 Å². The van der Waals surface area contributed by atoms with E-state index < -0.39 is 11.6 Å². The summed E-state index contributed by atoms with van der Waals surface area (Å²) in [5.74, 6) is 0.680. The molecule has 12 heteroatoms. The molecule has 0 atom stereocenters. The third-order valence-electron chi connectivity index (χ3n) is 7.73. The lowest BCUT2D eigenvalue weighted by atomic mass is 9.98. The van der Waals surface area contributed by atoms with Crippen LogP contribution in [0.4, 0.5) is 4.39 Å². The molecule has 0 amide bonds. The van der Waals surface area contributed by atoms with Crippen LogP contribution >= 0.6 is 11.6 Å². The molecule has 0 saturated carbocycles. The molecular weight excluding hydrogens is 611 g/mol. The van der Waals surface area contributed by atoms with Crippen LogP contribution in [0.25, 0.3) is 22.5 Å². The highest BCUT2D eigenvalue weighted by atomic mass is 35.5. The van der Waals surface area contributed by atoms with E-state index >= 15 is 0 Å². The lowest BCUT2D eigenvalue weighted by Gasteiger charge is -2.16. The molecule has 0 saturated heterocycles.